The van der Waals surface area contributed by atoms with Crippen molar-refractivity contribution in [1.82, 2.24) is 4.90 Å². The van der Waals surface area contributed by atoms with Crippen molar-refractivity contribution in [3.8, 4) is 5.75 Å². The Morgan fingerprint density at radius 3 is 2.66 bits per heavy atom. The van der Waals surface area contributed by atoms with E-state index < -0.39 is 12.7 Å². The average molecular weight is 440 g/mol. The van der Waals surface area contributed by atoms with Crippen LogP contribution in [-0.4, -0.2) is 35.9 Å². The Hall–Kier alpha value is -3.68. The molecular weight excluding hydrogens is 418 g/mol. The van der Waals surface area contributed by atoms with Crippen LogP contribution >= 0.6 is 0 Å². The van der Waals surface area contributed by atoms with E-state index in [9.17, 15) is 18.4 Å². The Kier molecular flexibility index (Phi) is 6.49. The van der Waals surface area contributed by atoms with E-state index in [1.54, 1.807) is 18.2 Å². The van der Waals surface area contributed by atoms with Gasteiger partial charge in [-0.05, 0) is 48.7 Å². The summed E-state index contributed by atoms with van der Waals surface area (Å²) in [5.74, 6) is -0.436. The number of furan rings is 1. The molecule has 166 valence electrons. The van der Waals surface area contributed by atoms with E-state index in [4.69, 9.17) is 4.42 Å². The second-order valence-corrected chi connectivity index (χ2v) is 7.49. The van der Waals surface area contributed by atoms with Gasteiger partial charge in [0.15, 0.2) is 5.76 Å². The van der Waals surface area contributed by atoms with Gasteiger partial charge >= 0.3 is 6.61 Å². The first-order valence-electron chi connectivity index (χ1n) is 10.3. The summed E-state index contributed by atoms with van der Waals surface area (Å²) in [5, 5.41) is 2.81. The van der Waals surface area contributed by atoms with Crippen LogP contribution in [0, 0.1) is 0 Å². The second-order valence-electron chi connectivity index (χ2n) is 7.49. The van der Waals surface area contributed by atoms with Crippen LogP contribution in [-0.2, 0) is 11.2 Å². The first-order valence-corrected chi connectivity index (χ1v) is 10.3. The average Bonchev–Trinajstić information content (AvgIpc) is 3.48. The van der Waals surface area contributed by atoms with Gasteiger partial charge in [0.25, 0.3) is 5.91 Å². The highest BCUT2D eigenvalue weighted by Crippen LogP contribution is 2.28. The van der Waals surface area contributed by atoms with Crippen molar-refractivity contribution in [3.05, 3.63) is 83.8 Å². The number of carbonyl (C=O) groups is 2. The molecule has 3 aromatic rings. The maximum absolute atomic E-state index is 12.9. The van der Waals surface area contributed by atoms with Gasteiger partial charge in [-0.3, -0.25) is 9.59 Å². The number of alkyl halides is 2. The molecule has 4 rings (SSSR count). The molecule has 1 saturated heterocycles. The number of hydrogen-bond donors (Lipinski definition) is 1. The van der Waals surface area contributed by atoms with Crippen molar-refractivity contribution in [3.63, 3.8) is 0 Å². The highest BCUT2D eigenvalue weighted by atomic mass is 19.3. The molecule has 1 fully saturated rings. The van der Waals surface area contributed by atoms with E-state index in [0.717, 1.165) is 5.56 Å². The summed E-state index contributed by atoms with van der Waals surface area (Å²) in [6, 6.07) is 16.5. The Morgan fingerprint density at radius 1 is 1.12 bits per heavy atom. The van der Waals surface area contributed by atoms with Crippen LogP contribution in [0.2, 0.25) is 0 Å². The third kappa shape index (κ3) is 4.96. The summed E-state index contributed by atoms with van der Waals surface area (Å²) in [6.07, 6.45) is 3.00. The minimum Gasteiger partial charge on any atom is -0.459 e. The Balaban J connectivity index is 1.52. The van der Waals surface area contributed by atoms with Crippen molar-refractivity contribution in [2.75, 3.05) is 11.9 Å². The van der Waals surface area contributed by atoms with E-state index in [1.807, 2.05) is 30.3 Å². The predicted octanol–water partition coefficient (Wildman–Crippen LogP) is 4.72. The monoisotopic (exact) mass is 440 g/mol. The number of benzene rings is 2. The van der Waals surface area contributed by atoms with E-state index in [2.05, 4.69) is 10.1 Å². The second kappa shape index (κ2) is 9.64. The van der Waals surface area contributed by atoms with Crippen molar-refractivity contribution in [1.29, 1.82) is 0 Å². The van der Waals surface area contributed by atoms with Gasteiger partial charge in [-0.2, -0.15) is 8.78 Å². The summed E-state index contributed by atoms with van der Waals surface area (Å²) < 4.78 is 35.5. The van der Waals surface area contributed by atoms with E-state index >= 15 is 0 Å². The number of carbonyl (C=O) groups excluding carboxylic acids is 2. The maximum Gasteiger partial charge on any atom is 0.387 e. The molecule has 2 amide bonds. The lowest BCUT2D eigenvalue weighted by Crippen LogP contribution is -2.43. The molecule has 0 aliphatic carbocycles. The summed E-state index contributed by atoms with van der Waals surface area (Å²) in [6.45, 7) is -2.50. The molecule has 32 heavy (non-hydrogen) atoms. The molecule has 2 heterocycles. The molecule has 1 aromatic heterocycles. The Bertz CT molecular complexity index is 1070. The first-order chi connectivity index (χ1) is 15.5. The number of nitrogens with zero attached hydrogens (tertiary/aromatic N) is 1. The lowest BCUT2D eigenvalue weighted by atomic mass is 10.0. The van der Waals surface area contributed by atoms with Crippen LogP contribution < -0.4 is 10.1 Å². The highest BCUT2D eigenvalue weighted by molar-refractivity contribution is 6.00. The molecule has 2 aromatic carbocycles. The molecule has 0 radical (unpaired) electrons. The largest absolute Gasteiger partial charge is 0.459 e. The standard InChI is InChI=1S/C24H22F2N2O4/c25-24(26)32-20-11-10-18(15-17(20)14-16-6-2-1-3-7-16)27-22(29)19-8-4-12-28(19)23(30)21-9-5-13-31-21/h1-3,5-7,9-11,13,15,19,24H,4,8,12,14H2,(H,27,29)/t19-/m0/s1. The number of likely N-dealkylation sites (tertiary alicyclic amines) is 1. The summed E-state index contributed by atoms with van der Waals surface area (Å²) >= 11 is 0. The fourth-order valence-corrected chi connectivity index (χ4v) is 3.87. The molecule has 0 spiro atoms. The zero-order valence-electron chi connectivity index (χ0n) is 17.2. The minimum absolute atomic E-state index is 0.0531. The molecule has 1 N–H and O–H groups in total. The SMILES string of the molecule is O=C(Nc1ccc(OC(F)F)c(Cc2ccccc2)c1)[C@@H]1CCCN1C(=O)c1ccco1. The van der Waals surface area contributed by atoms with Crippen molar-refractivity contribution in [2.45, 2.75) is 31.9 Å². The van der Waals surface area contributed by atoms with Gasteiger partial charge in [-0.15, -0.1) is 0 Å². The van der Waals surface area contributed by atoms with Crippen LogP contribution in [0.5, 0.6) is 5.75 Å². The van der Waals surface area contributed by atoms with E-state index in [0.29, 0.717) is 37.1 Å². The third-order valence-electron chi connectivity index (χ3n) is 5.33. The van der Waals surface area contributed by atoms with Crippen LogP contribution in [0.15, 0.2) is 71.3 Å². The number of ether oxygens (including phenoxy) is 1. The van der Waals surface area contributed by atoms with Gasteiger partial charge in [0.2, 0.25) is 5.91 Å². The molecule has 1 aliphatic heterocycles. The quantitative estimate of drug-likeness (QED) is 0.577. The number of rotatable bonds is 7. The lowest BCUT2D eigenvalue weighted by molar-refractivity contribution is -0.119. The van der Waals surface area contributed by atoms with Crippen LogP contribution in [0.3, 0.4) is 0 Å². The summed E-state index contributed by atoms with van der Waals surface area (Å²) in [7, 11) is 0. The molecule has 8 heteroatoms. The molecule has 0 saturated carbocycles. The smallest absolute Gasteiger partial charge is 0.387 e. The fraction of sp³-hybridized carbons (Fsp3) is 0.250. The van der Waals surface area contributed by atoms with E-state index in [1.165, 1.54) is 23.3 Å². The molecular formula is C24H22F2N2O4. The number of amides is 2. The molecule has 1 aliphatic rings. The maximum atomic E-state index is 12.9. The number of nitrogens with one attached hydrogen (secondary N) is 1. The fourth-order valence-electron chi connectivity index (χ4n) is 3.87. The molecule has 0 unspecified atom stereocenters. The molecule has 6 nitrogen and oxygen atoms in total. The van der Waals surface area contributed by atoms with Gasteiger partial charge in [0.1, 0.15) is 11.8 Å². The topological polar surface area (TPSA) is 71.8 Å². The Labute approximate surface area is 183 Å². The Morgan fingerprint density at radius 2 is 1.94 bits per heavy atom. The van der Waals surface area contributed by atoms with Crippen LogP contribution in [0.25, 0.3) is 0 Å². The van der Waals surface area contributed by atoms with Gasteiger partial charge in [0.05, 0.1) is 6.26 Å². The normalized spacial score (nSPS) is 15.7. The zero-order chi connectivity index (χ0) is 22.5. The van der Waals surface area contributed by atoms with Gasteiger partial charge in [-0.1, -0.05) is 30.3 Å². The van der Waals surface area contributed by atoms with Crippen molar-refractivity contribution in [2.24, 2.45) is 0 Å². The van der Waals surface area contributed by atoms with Crippen molar-refractivity contribution >= 4 is 17.5 Å². The molecule has 0 bridgehead atoms. The van der Waals surface area contributed by atoms with Crippen LogP contribution in [0.4, 0.5) is 14.5 Å². The zero-order valence-corrected chi connectivity index (χ0v) is 17.2. The number of anilines is 1. The predicted molar refractivity (Wildman–Crippen MR) is 114 cm³/mol. The number of hydrogen-bond acceptors (Lipinski definition) is 4. The summed E-state index contributed by atoms with van der Waals surface area (Å²) in [4.78, 5) is 27.1. The van der Waals surface area contributed by atoms with Crippen LogP contribution in [0.1, 0.15) is 34.5 Å². The van der Waals surface area contributed by atoms with E-state index in [-0.39, 0.29) is 23.3 Å². The minimum atomic E-state index is -2.95. The van der Waals surface area contributed by atoms with Gasteiger partial charge in [-0.25, -0.2) is 0 Å². The molecule has 1 atom stereocenters. The first kappa shape index (κ1) is 21.5. The summed E-state index contributed by atoms with van der Waals surface area (Å²) in [5.41, 5.74) is 1.88. The van der Waals surface area contributed by atoms with Gasteiger partial charge < -0.3 is 19.4 Å². The lowest BCUT2D eigenvalue weighted by Gasteiger charge is -2.23. The number of halogens is 2. The third-order valence-corrected chi connectivity index (χ3v) is 5.33. The van der Waals surface area contributed by atoms with Gasteiger partial charge in [0, 0.05) is 24.2 Å². The highest BCUT2D eigenvalue weighted by Gasteiger charge is 2.35. The van der Waals surface area contributed by atoms with Crippen molar-refractivity contribution < 1.29 is 27.5 Å².